The van der Waals surface area contributed by atoms with Crippen molar-refractivity contribution in [3.8, 4) is 0 Å². The largest absolute Gasteiger partial charge is 0.481 e. The van der Waals surface area contributed by atoms with Crippen molar-refractivity contribution in [1.82, 2.24) is 9.47 Å². The Morgan fingerprint density at radius 3 is 2.39 bits per heavy atom. The second kappa shape index (κ2) is 3.60. The van der Waals surface area contributed by atoms with Gasteiger partial charge in [-0.3, -0.25) is 9.59 Å². The van der Waals surface area contributed by atoms with E-state index in [2.05, 4.69) is 0 Å². The summed E-state index contributed by atoms with van der Waals surface area (Å²) in [5, 5.41) is 8.94. The number of carboxylic acids is 1. The Kier molecular flexibility index (Phi) is 2.27. The number of rotatable bonds is 2. The molecule has 96 valence electrons. The van der Waals surface area contributed by atoms with Gasteiger partial charge in [-0.2, -0.15) is 0 Å². The van der Waals surface area contributed by atoms with Crippen LogP contribution in [0.15, 0.2) is 12.3 Å². The molecular formula is C13H16N2O3. The molecule has 1 unspecified atom stereocenters. The highest BCUT2D eigenvalue weighted by Crippen LogP contribution is 2.51. The predicted molar refractivity (Wildman–Crippen MR) is 64.2 cm³/mol. The molecule has 0 aromatic carbocycles. The summed E-state index contributed by atoms with van der Waals surface area (Å²) in [5.74, 6) is -0.547. The highest BCUT2D eigenvalue weighted by molar-refractivity contribution is 5.96. The average molecular weight is 248 g/mol. The first kappa shape index (κ1) is 11.3. The first-order valence-electron chi connectivity index (χ1n) is 6.14. The minimum absolute atomic E-state index is 0.0319. The standard InChI is InChI=1S/C13H16N2O3/c1-7-8(3-4-14(7)2)12(16)15-5-9-10(6-15)11(9)13(17)18/h3-4,9-11H,5-6H2,1-2H3,(H,17,18)/t9-,10+,11?. The lowest BCUT2D eigenvalue weighted by molar-refractivity contribution is -0.139. The van der Waals surface area contributed by atoms with E-state index in [9.17, 15) is 9.59 Å². The number of carbonyl (C=O) groups is 2. The summed E-state index contributed by atoms with van der Waals surface area (Å²) in [6.07, 6.45) is 1.87. The zero-order chi connectivity index (χ0) is 13.0. The van der Waals surface area contributed by atoms with Crippen LogP contribution in [0.4, 0.5) is 0 Å². The number of hydrogen-bond donors (Lipinski definition) is 1. The van der Waals surface area contributed by atoms with Crippen molar-refractivity contribution < 1.29 is 14.7 Å². The molecule has 1 N–H and O–H groups in total. The molecule has 1 aliphatic carbocycles. The van der Waals surface area contributed by atoms with Gasteiger partial charge in [0.2, 0.25) is 0 Å². The average Bonchev–Trinajstić information content (AvgIpc) is 2.66. The third-order valence-electron chi connectivity index (χ3n) is 4.38. The number of fused-ring (bicyclic) bond motifs is 1. The summed E-state index contributed by atoms with van der Waals surface area (Å²) in [7, 11) is 1.91. The molecule has 1 aromatic heterocycles. The highest BCUT2D eigenvalue weighted by atomic mass is 16.4. The van der Waals surface area contributed by atoms with Gasteiger partial charge in [-0.05, 0) is 24.8 Å². The number of nitrogens with zero attached hydrogens (tertiary/aromatic N) is 2. The fourth-order valence-electron chi connectivity index (χ4n) is 3.06. The third kappa shape index (κ3) is 1.46. The van der Waals surface area contributed by atoms with Crippen LogP contribution in [-0.2, 0) is 11.8 Å². The van der Waals surface area contributed by atoms with Crippen LogP contribution in [0.5, 0.6) is 0 Å². The molecule has 1 saturated carbocycles. The number of aromatic nitrogens is 1. The van der Waals surface area contributed by atoms with Crippen molar-refractivity contribution in [3.63, 3.8) is 0 Å². The predicted octanol–water partition coefficient (Wildman–Crippen LogP) is 0.736. The molecule has 18 heavy (non-hydrogen) atoms. The second-order valence-corrected chi connectivity index (χ2v) is 5.33. The van der Waals surface area contributed by atoms with Gasteiger partial charge in [0.25, 0.3) is 5.91 Å². The first-order chi connectivity index (χ1) is 8.50. The fraction of sp³-hybridized carbons (Fsp3) is 0.538. The smallest absolute Gasteiger partial charge is 0.307 e. The molecule has 3 atom stereocenters. The van der Waals surface area contributed by atoms with Crippen molar-refractivity contribution in [2.75, 3.05) is 13.1 Å². The maximum Gasteiger partial charge on any atom is 0.307 e. The summed E-state index contributed by atoms with van der Waals surface area (Å²) in [6.45, 7) is 3.10. The fourth-order valence-corrected chi connectivity index (χ4v) is 3.06. The van der Waals surface area contributed by atoms with Gasteiger partial charge in [0.05, 0.1) is 11.5 Å². The molecule has 1 aromatic rings. The number of carbonyl (C=O) groups excluding carboxylic acids is 1. The number of aliphatic carboxylic acids is 1. The molecule has 2 heterocycles. The number of piperidine rings is 1. The van der Waals surface area contributed by atoms with Crippen molar-refractivity contribution in [2.45, 2.75) is 6.92 Å². The van der Waals surface area contributed by atoms with E-state index >= 15 is 0 Å². The molecule has 3 rings (SSSR count). The van der Waals surface area contributed by atoms with E-state index in [0.717, 1.165) is 11.3 Å². The summed E-state index contributed by atoms with van der Waals surface area (Å²) >= 11 is 0. The van der Waals surface area contributed by atoms with E-state index in [-0.39, 0.29) is 23.7 Å². The Labute approximate surface area is 105 Å². The number of hydrogen-bond acceptors (Lipinski definition) is 2. The number of amides is 1. The van der Waals surface area contributed by atoms with Crippen molar-refractivity contribution in [2.24, 2.45) is 24.8 Å². The summed E-state index contributed by atoms with van der Waals surface area (Å²) in [6, 6.07) is 1.83. The Morgan fingerprint density at radius 2 is 1.94 bits per heavy atom. The minimum Gasteiger partial charge on any atom is -0.481 e. The molecule has 0 radical (unpaired) electrons. The van der Waals surface area contributed by atoms with Crippen LogP contribution < -0.4 is 0 Å². The van der Waals surface area contributed by atoms with Gasteiger partial charge in [-0.15, -0.1) is 0 Å². The molecule has 1 amide bonds. The van der Waals surface area contributed by atoms with Gasteiger partial charge in [0, 0.05) is 32.0 Å². The van der Waals surface area contributed by atoms with Crippen LogP contribution >= 0.6 is 0 Å². The lowest BCUT2D eigenvalue weighted by Crippen LogP contribution is -2.32. The molecule has 5 heteroatoms. The Hall–Kier alpha value is -1.78. The van der Waals surface area contributed by atoms with Crippen LogP contribution in [0.2, 0.25) is 0 Å². The maximum absolute atomic E-state index is 12.3. The summed E-state index contributed by atoms with van der Waals surface area (Å²) in [4.78, 5) is 25.0. The SMILES string of the molecule is Cc1c(C(=O)N2C[C@@H]3C(C(=O)O)[C@@H]3C2)ccn1C. The molecular weight excluding hydrogens is 232 g/mol. The Balaban J connectivity index is 1.71. The van der Waals surface area contributed by atoms with Gasteiger partial charge in [-0.1, -0.05) is 0 Å². The molecule has 1 aliphatic heterocycles. The van der Waals surface area contributed by atoms with E-state index in [0.29, 0.717) is 13.1 Å². The molecule has 1 saturated heterocycles. The zero-order valence-corrected chi connectivity index (χ0v) is 10.5. The maximum atomic E-state index is 12.3. The Bertz CT molecular complexity index is 522. The van der Waals surface area contributed by atoms with Crippen molar-refractivity contribution in [1.29, 1.82) is 0 Å². The van der Waals surface area contributed by atoms with Crippen molar-refractivity contribution >= 4 is 11.9 Å². The second-order valence-electron chi connectivity index (χ2n) is 5.33. The van der Waals surface area contributed by atoms with E-state index in [1.165, 1.54) is 0 Å². The van der Waals surface area contributed by atoms with Crippen LogP contribution in [0.3, 0.4) is 0 Å². The number of aryl methyl sites for hydroxylation is 1. The van der Waals surface area contributed by atoms with E-state index in [1.54, 1.807) is 4.90 Å². The minimum atomic E-state index is -0.715. The van der Waals surface area contributed by atoms with Crippen LogP contribution in [-0.4, -0.2) is 39.5 Å². The normalized spacial score (nSPS) is 29.2. The van der Waals surface area contributed by atoms with Crippen LogP contribution in [0, 0.1) is 24.7 Å². The van der Waals surface area contributed by atoms with E-state index in [4.69, 9.17) is 5.11 Å². The Morgan fingerprint density at radius 1 is 1.33 bits per heavy atom. The van der Waals surface area contributed by atoms with Crippen LogP contribution in [0.1, 0.15) is 16.1 Å². The topological polar surface area (TPSA) is 62.5 Å². The number of likely N-dealkylation sites (tertiary alicyclic amines) is 1. The monoisotopic (exact) mass is 248 g/mol. The third-order valence-corrected chi connectivity index (χ3v) is 4.38. The van der Waals surface area contributed by atoms with E-state index < -0.39 is 5.97 Å². The van der Waals surface area contributed by atoms with E-state index in [1.807, 2.05) is 30.8 Å². The number of carboxylic acid groups (broad SMARTS) is 1. The summed E-state index contributed by atoms with van der Waals surface area (Å²) in [5.41, 5.74) is 1.68. The van der Waals surface area contributed by atoms with Gasteiger partial charge in [0.15, 0.2) is 0 Å². The molecule has 2 aliphatic rings. The molecule has 5 nitrogen and oxygen atoms in total. The highest BCUT2D eigenvalue weighted by Gasteiger charge is 2.60. The van der Waals surface area contributed by atoms with Crippen molar-refractivity contribution in [3.05, 3.63) is 23.5 Å². The molecule has 0 bridgehead atoms. The van der Waals surface area contributed by atoms with Gasteiger partial charge < -0.3 is 14.6 Å². The lowest BCUT2D eigenvalue weighted by atomic mass is 10.2. The first-order valence-corrected chi connectivity index (χ1v) is 6.14. The lowest BCUT2D eigenvalue weighted by Gasteiger charge is -2.19. The van der Waals surface area contributed by atoms with Gasteiger partial charge in [0.1, 0.15) is 0 Å². The van der Waals surface area contributed by atoms with Gasteiger partial charge in [-0.25, -0.2) is 0 Å². The zero-order valence-electron chi connectivity index (χ0n) is 10.5. The molecule has 0 spiro atoms. The summed E-state index contributed by atoms with van der Waals surface area (Å²) < 4.78 is 1.92. The molecule has 2 fully saturated rings. The van der Waals surface area contributed by atoms with Gasteiger partial charge >= 0.3 is 5.97 Å². The van der Waals surface area contributed by atoms with Crippen LogP contribution in [0.25, 0.3) is 0 Å². The quantitative estimate of drug-likeness (QED) is 0.839.